The maximum Gasteiger partial charge on any atom is 0.383 e. The minimum Gasteiger partial charge on any atom is -0.504 e. The van der Waals surface area contributed by atoms with Crippen molar-refractivity contribution in [1.82, 2.24) is 0 Å². The molecule has 0 heterocycles. The smallest absolute Gasteiger partial charge is 0.383 e. The molecule has 1 fully saturated rings. The summed E-state index contributed by atoms with van der Waals surface area (Å²) in [4.78, 5) is 4.50. The Morgan fingerprint density at radius 3 is 2.65 bits per heavy atom. The van der Waals surface area contributed by atoms with E-state index in [-0.39, 0.29) is 17.6 Å². The third-order valence-corrected chi connectivity index (χ3v) is 5.16. The highest BCUT2D eigenvalue weighted by molar-refractivity contribution is 5.67. The first-order valence-electron chi connectivity index (χ1n) is 9.75. The van der Waals surface area contributed by atoms with Gasteiger partial charge in [0.15, 0.2) is 11.5 Å². The van der Waals surface area contributed by atoms with Crippen molar-refractivity contribution in [2.75, 3.05) is 13.2 Å². The lowest BCUT2D eigenvalue weighted by atomic mass is 9.75. The lowest BCUT2D eigenvalue weighted by Gasteiger charge is -2.37. The van der Waals surface area contributed by atoms with Crippen LogP contribution in [-0.4, -0.2) is 35.6 Å². The highest BCUT2D eigenvalue weighted by Crippen LogP contribution is 2.35. The Balaban J connectivity index is 1.99. The monoisotopic (exact) mass is 363 g/mol. The maximum atomic E-state index is 9.58. The van der Waals surface area contributed by atoms with Crippen LogP contribution in [0.25, 0.3) is 0 Å². The topological polar surface area (TPSA) is 71.3 Å². The summed E-state index contributed by atoms with van der Waals surface area (Å²) < 4.78 is 11.8. The number of rotatable bonds is 6. The van der Waals surface area contributed by atoms with Crippen molar-refractivity contribution < 1.29 is 19.7 Å². The van der Waals surface area contributed by atoms with Crippen LogP contribution in [0.2, 0.25) is 0 Å². The summed E-state index contributed by atoms with van der Waals surface area (Å²) in [5.41, 5.74) is 0.909. The number of hydrogen-bond donors (Lipinski definition) is 2. The summed E-state index contributed by atoms with van der Waals surface area (Å²) >= 11 is 0. The zero-order valence-corrected chi connectivity index (χ0v) is 16.4. The zero-order valence-electron chi connectivity index (χ0n) is 16.4. The van der Waals surface area contributed by atoms with Gasteiger partial charge < -0.3 is 19.7 Å². The van der Waals surface area contributed by atoms with Crippen LogP contribution in [-0.2, 0) is 15.9 Å². The lowest BCUT2D eigenvalue weighted by molar-refractivity contribution is 0.00933. The summed E-state index contributed by atoms with van der Waals surface area (Å²) in [6.07, 6.45) is 4.66. The molecular weight excluding hydrogens is 330 g/mol. The van der Waals surface area contributed by atoms with Gasteiger partial charge in [0.25, 0.3) is 0 Å². The van der Waals surface area contributed by atoms with E-state index in [1.54, 1.807) is 12.1 Å². The van der Waals surface area contributed by atoms with E-state index in [9.17, 15) is 10.2 Å². The third-order valence-electron chi connectivity index (χ3n) is 5.16. The number of aromatic hydroxyl groups is 2. The van der Waals surface area contributed by atoms with Gasteiger partial charge in [-0.25, -0.2) is 4.99 Å². The molecule has 1 aliphatic carbocycles. The molecule has 1 aromatic rings. The SMILES string of the molecule is CCOC(=NCCc1ccc(O)c(O)c1)O[C@@H]1C[C@H](C)CC[C@H]1C(C)C. The molecule has 3 atom stereocenters. The number of phenolic OH excluding ortho intramolecular Hbond substituents is 2. The van der Waals surface area contributed by atoms with Gasteiger partial charge in [-0.2, -0.15) is 0 Å². The van der Waals surface area contributed by atoms with Gasteiger partial charge in [-0.1, -0.05) is 33.3 Å². The number of aliphatic imine (C=N–C) groups is 1. The van der Waals surface area contributed by atoms with Crippen molar-refractivity contribution in [2.45, 2.75) is 59.5 Å². The molecule has 2 rings (SSSR count). The van der Waals surface area contributed by atoms with Crippen LogP contribution in [0.3, 0.4) is 0 Å². The molecule has 0 amide bonds. The Kier molecular flexibility index (Phi) is 7.61. The molecule has 26 heavy (non-hydrogen) atoms. The summed E-state index contributed by atoms with van der Waals surface area (Å²) in [5, 5.41) is 19.0. The van der Waals surface area contributed by atoms with Crippen LogP contribution < -0.4 is 0 Å². The number of benzene rings is 1. The van der Waals surface area contributed by atoms with Gasteiger partial charge in [-0.3, -0.25) is 0 Å². The molecule has 0 bridgehead atoms. The van der Waals surface area contributed by atoms with Crippen molar-refractivity contribution in [3.63, 3.8) is 0 Å². The van der Waals surface area contributed by atoms with Crippen LogP contribution in [0.5, 0.6) is 11.5 Å². The Bertz CT molecular complexity index is 600. The molecule has 1 aromatic carbocycles. The van der Waals surface area contributed by atoms with Gasteiger partial charge >= 0.3 is 6.08 Å². The first-order chi connectivity index (χ1) is 12.4. The minimum absolute atomic E-state index is 0.108. The molecule has 0 spiro atoms. The van der Waals surface area contributed by atoms with Crippen molar-refractivity contribution in [3.8, 4) is 11.5 Å². The Morgan fingerprint density at radius 2 is 2.00 bits per heavy atom. The van der Waals surface area contributed by atoms with E-state index in [4.69, 9.17) is 9.47 Å². The van der Waals surface area contributed by atoms with Crippen LogP contribution >= 0.6 is 0 Å². The molecule has 0 aromatic heterocycles. The minimum atomic E-state index is -0.110. The fraction of sp³-hybridized carbons (Fsp3) is 0.667. The fourth-order valence-electron chi connectivity index (χ4n) is 3.62. The van der Waals surface area contributed by atoms with Gasteiger partial charge in [0.2, 0.25) is 0 Å². The Labute approximate surface area is 157 Å². The first kappa shape index (κ1) is 20.4. The average molecular weight is 363 g/mol. The number of phenols is 2. The van der Waals surface area contributed by atoms with E-state index in [2.05, 4.69) is 25.8 Å². The molecular formula is C21H33NO4. The predicted octanol–water partition coefficient (Wildman–Crippen LogP) is 4.51. The molecule has 0 unspecified atom stereocenters. The molecule has 0 aliphatic heterocycles. The Morgan fingerprint density at radius 1 is 1.23 bits per heavy atom. The largest absolute Gasteiger partial charge is 0.504 e. The standard InChI is InChI=1S/C21H33NO4/c1-5-25-21(22-11-10-16-7-9-18(23)19(24)13-16)26-20-12-15(4)6-8-17(20)14(2)3/h7,9,13-15,17,20,23-24H,5-6,8,10-12H2,1-4H3/t15-,17+,20-/m1/s1. The molecule has 1 saturated carbocycles. The summed E-state index contributed by atoms with van der Waals surface area (Å²) in [6.45, 7) is 9.75. The third kappa shape index (κ3) is 5.82. The van der Waals surface area contributed by atoms with Gasteiger partial charge in [0, 0.05) is 0 Å². The molecule has 2 N–H and O–H groups in total. The fourth-order valence-corrected chi connectivity index (χ4v) is 3.62. The molecule has 5 heteroatoms. The van der Waals surface area contributed by atoms with Crippen molar-refractivity contribution in [3.05, 3.63) is 23.8 Å². The van der Waals surface area contributed by atoms with Crippen LogP contribution in [0.4, 0.5) is 0 Å². The van der Waals surface area contributed by atoms with Gasteiger partial charge in [0.1, 0.15) is 6.10 Å². The van der Waals surface area contributed by atoms with Crippen LogP contribution in [0.1, 0.15) is 52.5 Å². The second-order valence-corrected chi connectivity index (χ2v) is 7.64. The van der Waals surface area contributed by atoms with Gasteiger partial charge in [-0.05, 0) is 61.6 Å². The maximum absolute atomic E-state index is 9.58. The average Bonchev–Trinajstić information content (AvgIpc) is 2.58. The van der Waals surface area contributed by atoms with Gasteiger partial charge in [0.05, 0.1) is 13.2 Å². The summed E-state index contributed by atoms with van der Waals surface area (Å²) in [7, 11) is 0. The van der Waals surface area contributed by atoms with Crippen molar-refractivity contribution in [2.24, 2.45) is 22.7 Å². The van der Waals surface area contributed by atoms with Gasteiger partial charge in [-0.15, -0.1) is 0 Å². The Hall–Kier alpha value is -1.91. The highest BCUT2D eigenvalue weighted by Gasteiger charge is 2.33. The number of hydrogen-bond acceptors (Lipinski definition) is 5. The second-order valence-electron chi connectivity index (χ2n) is 7.64. The predicted molar refractivity (Wildman–Crippen MR) is 104 cm³/mol. The van der Waals surface area contributed by atoms with E-state index in [0.29, 0.717) is 43.4 Å². The summed E-state index contributed by atoms with van der Waals surface area (Å²) in [6, 6.07) is 4.83. The van der Waals surface area contributed by atoms with E-state index in [1.165, 1.54) is 18.9 Å². The van der Waals surface area contributed by atoms with E-state index < -0.39 is 0 Å². The molecule has 1 aliphatic rings. The lowest BCUT2D eigenvalue weighted by Crippen LogP contribution is -2.36. The second kappa shape index (κ2) is 9.70. The highest BCUT2D eigenvalue weighted by atomic mass is 16.7. The van der Waals surface area contributed by atoms with Crippen molar-refractivity contribution in [1.29, 1.82) is 0 Å². The molecule has 5 nitrogen and oxygen atoms in total. The van der Waals surface area contributed by atoms with Crippen LogP contribution in [0.15, 0.2) is 23.2 Å². The number of ether oxygens (including phenoxy) is 2. The van der Waals surface area contributed by atoms with E-state index in [1.807, 2.05) is 6.92 Å². The zero-order chi connectivity index (χ0) is 19.1. The molecule has 0 saturated heterocycles. The van der Waals surface area contributed by atoms with Crippen molar-refractivity contribution >= 4 is 6.08 Å². The first-order valence-corrected chi connectivity index (χ1v) is 9.75. The molecule has 0 radical (unpaired) electrons. The molecule has 146 valence electrons. The summed E-state index contributed by atoms with van der Waals surface area (Å²) in [5.74, 6) is 1.56. The van der Waals surface area contributed by atoms with E-state index in [0.717, 1.165) is 12.0 Å². The van der Waals surface area contributed by atoms with Crippen LogP contribution in [0, 0.1) is 17.8 Å². The van der Waals surface area contributed by atoms with E-state index >= 15 is 0 Å². The quantitative estimate of drug-likeness (QED) is 0.443. The normalized spacial score (nSPS) is 23.9. The number of nitrogens with zero attached hydrogens (tertiary/aromatic N) is 1.